The summed E-state index contributed by atoms with van der Waals surface area (Å²) >= 11 is 0. The molecule has 2 N–H and O–H groups in total. The van der Waals surface area contributed by atoms with E-state index in [9.17, 15) is 14.3 Å². The molecule has 0 bridgehead atoms. The highest BCUT2D eigenvalue weighted by atomic mass is 19.1. The predicted octanol–water partition coefficient (Wildman–Crippen LogP) is 3.10. The van der Waals surface area contributed by atoms with E-state index in [4.69, 9.17) is 4.74 Å². The Hall–Kier alpha value is -2.56. The van der Waals surface area contributed by atoms with Gasteiger partial charge in [0.15, 0.2) is 0 Å². The molecule has 0 spiro atoms. The highest BCUT2D eigenvalue weighted by Crippen LogP contribution is 2.27. The van der Waals surface area contributed by atoms with Crippen LogP contribution < -0.4 is 10.1 Å². The second-order valence-electron chi connectivity index (χ2n) is 4.29. The topological polar surface area (TPSA) is 58.6 Å². The van der Waals surface area contributed by atoms with Crippen molar-refractivity contribution in [3.8, 4) is 11.5 Å². The molecular weight excluding hydrogens is 261 g/mol. The summed E-state index contributed by atoms with van der Waals surface area (Å²) in [5, 5.41) is 12.2. The number of amides is 1. The summed E-state index contributed by atoms with van der Waals surface area (Å²) in [5.41, 5.74) is 0.866. The third-order valence-corrected chi connectivity index (χ3v) is 2.82. The molecule has 0 saturated heterocycles. The predicted molar refractivity (Wildman–Crippen MR) is 73.7 cm³/mol. The van der Waals surface area contributed by atoms with Crippen molar-refractivity contribution in [3.05, 3.63) is 53.3 Å². The summed E-state index contributed by atoms with van der Waals surface area (Å²) in [6.07, 6.45) is 0. The first-order chi connectivity index (χ1) is 9.52. The first kappa shape index (κ1) is 13.9. The Balaban J connectivity index is 2.33. The monoisotopic (exact) mass is 275 g/mol. The number of ether oxygens (including phenoxy) is 1. The maximum atomic E-state index is 13.8. The third kappa shape index (κ3) is 2.71. The molecule has 0 heterocycles. The van der Waals surface area contributed by atoms with Gasteiger partial charge in [-0.2, -0.15) is 0 Å². The molecule has 0 aliphatic carbocycles. The average molecular weight is 275 g/mol. The molecular formula is C15H14FNO3. The summed E-state index contributed by atoms with van der Waals surface area (Å²) < 4.78 is 18.7. The van der Waals surface area contributed by atoms with Crippen LogP contribution in [0.2, 0.25) is 0 Å². The lowest BCUT2D eigenvalue weighted by Crippen LogP contribution is -2.15. The Morgan fingerprint density at radius 3 is 2.70 bits per heavy atom. The largest absolute Gasteiger partial charge is 0.506 e. The van der Waals surface area contributed by atoms with Gasteiger partial charge in [0.2, 0.25) is 0 Å². The Morgan fingerprint density at radius 1 is 1.30 bits per heavy atom. The van der Waals surface area contributed by atoms with Gasteiger partial charge in [-0.1, -0.05) is 12.1 Å². The SMILES string of the molecule is COc1cccc(F)c1C(=O)Nc1ccc(C)cc1O. The van der Waals surface area contributed by atoms with Crippen LogP contribution in [-0.4, -0.2) is 18.1 Å². The van der Waals surface area contributed by atoms with Crippen molar-refractivity contribution in [2.75, 3.05) is 12.4 Å². The van der Waals surface area contributed by atoms with E-state index in [-0.39, 0.29) is 22.7 Å². The molecule has 0 radical (unpaired) electrons. The average Bonchev–Trinajstić information content (AvgIpc) is 2.41. The normalized spacial score (nSPS) is 10.2. The van der Waals surface area contributed by atoms with Gasteiger partial charge in [-0.25, -0.2) is 4.39 Å². The third-order valence-electron chi connectivity index (χ3n) is 2.82. The Kier molecular flexibility index (Phi) is 3.89. The molecule has 0 atom stereocenters. The van der Waals surface area contributed by atoms with Crippen LogP contribution in [0.15, 0.2) is 36.4 Å². The van der Waals surface area contributed by atoms with Crippen molar-refractivity contribution < 1.29 is 19.0 Å². The van der Waals surface area contributed by atoms with E-state index < -0.39 is 11.7 Å². The molecule has 2 aromatic rings. The highest BCUT2D eigenvalue weighted by Gasteiger charge is 2.18. The molecule has 1 amide bonds. The number of hydrogen-bond acceptors (Lipinski definition) is 3. The summed E-state index contributed by atoms with van der Waals surface area (Å²) in [6.45, 7) is 1.81. The Labute approximate surface area is 115 Å². The van der Waals surface area contributed by atoms with Gasteiger partial charge in [-0.05, 0) is 36.8 Å². The molecule has 5 heteroatoms. The number of rotatable bonds is 3. The van der Waals surface area contributed by atoms with Gasteiger partial charge in [-0.3, -0.25) is 4.79 Å². The number of phenolic OH excluding ortho intramolecular Hbond substituents is 1. The van der Waals surface area contributed by atoms with Gasteiger partial charge >= 0.3 is 0 Å². The minimum Gasteiger partial charge on any atom is -0.506 e. The second-order valence-corrected chi connectivity index (χ2v) is 4.29. The van der Waals surface area contributed by atoms with Crippen LogP contribution in [0.5, 0.6) is 11.5 Å². The molecule has 20 heavy (non-hydrogen) atoms. The zero-order chi connectivity index (χ0) is 14.7. The number of hydrogen-bond donors (Lipinski definition) is 2. The smallest absolute Gasteiger partial charge is 0.262 e. The fourth-order valence-corrected chi connectivity index (χ4v) is 1.83. The number of benzene rings is 2. The standard InChI is InChI=1S/C15H14FNO3/c1-9-6-7-11(12(18)8-9)17-15(19)14-10(16)4-3-5-13(14)20-2/h3-8,18H,1-2H3,(H,17,19). The number of carbonyl (C=O) groups is 1. The number of carbonyl (C=O) groups excluding carboxylic acids is 1. The molecule has 4 nitrogen and oxygen atoms in total. The number of aromatic hydroxyl groups is 1. The quantitative estimate of drug-likeness (QED) is 0.846. The van der Waals surface area contributed by atoms with Crippen LogP contribution >= 0.6 is 0 Å². The van der Waals surface area contributed by atoms with Crippen molar-refractivity contribution in [1.29, 1.82) is 0 Å². The number of methoxy groups -OCH3 is 1. The van der Waals surface area contributed by atoms with Crippen LogP contribution in [0, 0.1) is 12.7 Å². The van der Waals surface area contributed by atoms with Gasteiger partial charge < -0.3 is 15.2 Å². The number of phenols is 1. The molecule has 0 unspecified atom stereocenters. The maximum Gasteiger partial charge on any atom is 0.262 e. The fourth-order valence-electron chi connectivity index (χ4n) is 1.83. The summed E-state index contributed by atoms with van der Waals surface area (Å²) in [4.78, 5) is 12.1. The van der Waals surface area contributed by atoms with Crippen LogP contribution in [0.25, 0.3) is 0 Å². The van der Waals surface area contributed by atoms with Crippen molar-refractivity contribution in [1.82, 2.24) is 0 Å². The second kappa shape index (κ2) is 5.61. The molecule has 2 rings (SSSR count). The molecule has 0 aromatic heterocycles. The van der Waals surface area contributed by atoms with E-state index in [1.807, 2.05) is 6.92 Å². The number of halogens is 1. The minimum atomic E-state index is -0.687. The summed E-state index contributed by atoms with van der Waals surface area (Å²) in [6, 6.07) is 8.91. The van der Waals surface area contributed by atoms with Crippen molar-refractivity contribution >= 4 is 11.6 Å². The highest BCUT2D eigenvalue weighted by molar-refractivity contribution is 6.07. The van der Waals surface area contributed by atoms with Crippen molar-refractivity contribution in [3.63, 3.8) is 0 Å². The van der Waals surface area contributed by atoms with E-state index in [1.165, 1.54) is 31.4 Å². The lowest BCUT2D eigenvalue weighted by molar-refractivity contribution is 0.101. The van der Waals surface area contributed by atoms with Crippen LogP contribution in [-0.2, 0) is 0 Å². The summed E-state index contributed by atoms with van der Waals surface area (Å²) in [7, 11) is 1.36. The lowest BCUT2D eigenvalue weighted by Gasteiger charge is -2.11. The first-order valence-corrected chi connectivity index (χ1v) is 5.96. The number of aryl methyl sites for hydroxylation is 1. The molecule has 104 valence electrons. The molecule has 2 aromatic carbocycles. The Morgan fingerprint density at radius 2 is 2.05 bits per heavy atom. The molecule has 0 saturated carbocycles. The molecule has 0 aliphatic heterocycles. The van der Waals surface area contributed by atoms with E-state index >= 15 is 0 Å². The molecule has 0 fully saturated rings. The van der Waals surface area contributed by atoms with Crippen LogP contribution in [0.3, 0.4) is 0 Å². The number of anilines is 1. The lowest BCUT2D eigenvalue weighted by atomic mass is 10.1. The van der Waals surface area contributed by atoms with Crippen LogP contribution in [0.4, 0.5) is 10.1 Å². The zero-order valence-electron chi connectivity index (χ0n) is 11.1. The van der Waals surface area contributed by atoms with Crippen LogP contribution in [0.1, 0.15) is 15.9 Å². The number of nitrogens with one attached hydrogen (secondary N) is 1. The maximum absolute atomic E-state index is 13.8. The minimum absolute atomic E-state index is 0.0753. The van der Waals surface area contributed by atoms with Gasteiger partial charge in [0.05, 0.1) is 12.8 Å². The van der Waals surface area contributed by atoms with Gasteiger partial charge in [-0.15, -0.1) is 0 Å². The first-order valence-electron chi connectivity index (χ1n) is 5.96. The van der Waals surface area contributed by atoms with E-state index in [2.05, 4.69) is 5.32 Å². The zero-order valence-corrected chi connectivity index (χ0v) is 11.1. The summed E-state index contributed by atoms with van der Waals surface area (Å²) in [5.74, 6) is -1.31. The van der Waals surface area contributed by atoms with E-state index in [0.717, 1.165) is 5.56 Å². The fraction of sp³-hybridized carbons (Fsp3) is 0.133. The van der Waals surface area contributed by atoms with Gasteiger partial charge in [0.1, 0.15) is 22.9 Å². The van der Waals surface area contributed by atoms with Crippen molar-refractivity contribution in [2.24, 2.45) is 0 Å². The van der Waals surface area contributed by atoms with E-state index in [1.54, 1.807) is 12.1 Å². The Bertz CT molecular complexity index is 656. The molecule has 0 aliphatic rings. The van der Waals surface area contributed by atoms with E-state index in [0.29, 0.717) is 0 Å². The van der Waals surface area contributed by atoms with Gasteiger partial charge in [0.25, 0.3) is 5.91 Å². The van der Waals surface area contributed by atoms with Gasteiger partial charge in [0, 0.05) is 0 Å². The van der Waals surface area contributed by atoms with Crippen molar-refractivity contribution in [2.45, 2.75) is 6.92 Å².